The lowest BCUT2D eigenvalue weighted by molar-refractivity contribution is -0.117. The maximum absolute atomic E-state index is 13.4. The van der Waals surface area contributed by atoms with Crippen molar-refractivity contribution in [2.45, 2.75) is 36.6 Å². The lowest BCUT2D eigenvalue weighted by Crippen LogP contribution is -2.44. The minimum absolute atomic E-state index is 0.0429. The zero-order chi connectivity index (χ0) is 15.2. The second-order valence-corrected chi connectivity index (χ2v) is 5.88. The second kappa shape index (κ2) is 7.40. The summed E-state index contributed by atoms with van der Waals surface area (Å²) < 4.78 is 26.3. The van der Waals surface area contributed by atoms with Gasteiger partial charge in [0.1, 0.15) is 11.6 Å². The smallest absolute Gasteiger partial charge is 0.321 e. The number of carbonyl (C=O) groups excluding carboxylic acids is 2. The number of carbonyl (C=O) groups is 2. The Morgan fingerprint density at radius 1 is 1.24 bits per heavy atom. The summed E-state index contributed by atoms with van der Waals surface area (Å²) in [6, 6.07) is 2.61. The minimum Gasteiger partial charge on any atom is -0.335 e. The van der Waals surface area contributed by atoms with Crippen LogP contribution in [0.1, 0.15) is 25.7 Å². The zero-order valence-electron chi connectivity index (χ0n) is 11.3. The Bertz CT molecular complexity index is 534. The molecule has 0 radical (unpaired) electrons. The molecule has 1 saturated carbocycles. The quantitative estimate of drug-likeness (QED) is 0.840. The molecule has 1 fully saturated rings. The SMILES string of the molecule is O=C(CSc1cc(F)ccc1F)NC(=O)NC1CCCC1. The molecule has 0 aliphatic heterocycles. The van der Waals surface area contributed by atoms with Gasteiger partial charge in [0.15, 0.2) is 0 Å². The van der Waals surface area contributed by atoms with Crippen LogP contribution in [0.25, 0.3) is 0 Å². The van der Waals surface area contributed by atoms with Crippen molar-refractivity contribution in [3.05, 3.63) is 29.8 Å². The van der Waals surface area contributed by atoms with Crippen LogP contribution in [0.15, 0.2) is 23.1 Å². The van der Waals surface area contributed by atoms with Gasteiger partial charge in [-0.3, -0.25) is 10.1 Å². The first kappa shape index (κ1) is 15.8. The van der Waals surface area contributed by atoms with Crippen molar-refractivity contribution in [1.82, 2.24) is 10.6 Å². The Kier molecular flexibility index (Phi) is 5.55. The van der Waals surface area contributed by atoms with Gasteiger partial charge in [0, 0.05) is 10.9 Å². The molecule has 0 heterocycles. The van der Waals surface area contributed by atoms with Crippen LogP contribution in [-0.2, 0) is 4.79 Å². The minimum atomic E-state index is -0.593. The molecule has 1 aromatic rings. The highest BCUT2D eigenvalue weighted by atomic mass is 32.2. The Balaban J connectivity index is 1.76. The van der Waals surface area contributed by atoms with Gasteiger partial charge in [0.05, 0.1) is 5.75 Å². The van der Waals surface area contributed by atoms with E-state index in [4.69, 9.17) is 0 Å². The Morgan fingerprint density at radius 2 is 1.95 bits per heavy atom. The first-order valence-electron chi connectivity index (χ1n) is 6.73. The molecule has 1 aliphatic carbocycles. The van der Waals surface area contributed by atoms with Gasteiger partial charge in [0.2, 0.25) is 5.91 Å². The van der Waals surface area contributed by atoms with Crippen LogP contribution >= 0.6 is 11.8 Å². The number of imide groups is 1. The molecule has 1 aliphatic rings. The number of rotatable bonds is 4. The lowest BCUT2D eigenvalue weighted by atomic mass is 10.2. The first-order chi connectivity index (χ1) is 10.0. The van der Waals surface area contributed by atoms with Gasteiger partial charge >= 0.3 is 6.03 Å². The van der Waals surface area contributed by atoms with E-state index in [1.807, 2.05) is 0 Å². The van der Waals surface area contributed by atoms with Crippen molar-refractivity contribution in [2.24, 2.45) is 0 Å². The molecule has 0 spiro atoms. The fraction of sp³-hybridized carbons (Fsp3) is 0.429. The molecular formula is C14H16F2N2O2S. The van der Waals surface area contributed by atoms with Crippen LogP contribution in [0.5, 0.6) is 0 Å². The molecule has 0 saturated heterocycles. The molecule has 7 heteroatoms. The van der Waals surface area contributed by atoms with Gasteiger partial charge < -0.3 is 5.32 Å². The normalized spacial score (nSPS) is 15.0. The van der Waals surface area contributed by atoms with E-state index in [1.165, 1.54) is 0 Å². The largest absolute Gasteiger partial charge is 0.335 e. The Hall–Kier alpha value is -1.63. The van der Waals surface area contributed by atoms with E-state index in [9.17, 15) is 18.4 Å². The van der Waals surface area contributed by atoms with Crippen LogP contribution in [0, 0.1) is 11.6 Å². The molecule has 0 atom stereocenters. The predicted octanol–water partition coefficient (Wildman–Crippen LogP) is 2.83. The number of amides is 3. The van der Waals surface area contributed by atoms with Crippen LogP contribution in [0.2, 0.25) is 0 Å². The number of halogens is 2. The van der Waals surface area contributed by atoms with Gasteiger partial charge in [-0.05, 0) is 31.0 Å². The molecule has 0 unspecified atom stereocenters. The summed E-state index contributed by atoms with van der Waals surface area (Å²) in [6.45, 7) is 0. The number of urea groups is 1. The van der Waals surface area contributed by atoms with E-state index in [1.54, 1.807) is 0 Å². The van der Waals surface area contributed by atoms with Crippen molar-refractivity contribution in [3.8, 4) is 0 Å². The van der Waals surface area contributed by atoms with Crippen molar-refractivity contribution in [1.29, 1.82) is 0 Å². The summed E-state index contributed by atoms with van der Waals surface area (Å²) >= 11 is 0.847. The summed E-state index contributed by atoms with van der Waals surface area (Å²) in [7, 11) is 0. The molecule has 2 rings (SSSR count). The van der Waals surface area contributed by atoms with E-state index in [0.29, 0.717) is 0 Å². The van der Waals surface area contributed by atoms with E-state index < -0.39 is 23.6 Å². The molecule has 21 heavy (non-hydrogen) atoms. The van der Waals surface area contributed by atoms with E-state index in [-0.39, 0.29) is 16.7 Å². The van der Waals surface area contributed by atoms with Crippen molar-refractivity contribution < 1.29 is 18.4 Å². The standard InChI is InChI=1S/C14H16F2N2O2S/c15-9-5-6-11(16)12(7-9)21-8-13(19)18-14(20)17-10-3-1-2-4-10/h5-7,10H,1-4,8H2,(H2,17,18,19,20). The van der Waals surface area contributed by atoms with Crippen LogP contribution < -0.4 is 10.6 Å². The molecule has 4 nitrogen and oxygen atoms in total. The van der Waals surface area contributed by atoms with Crippen LogP contribution in [0.3, 0.4) is 0 Å². The molecule has 3 amide bonds. The van der Waals surface area contributed by atoms with Crippen LogP contribution in [-0.4, -0.2) is 23.7 Å². The maximum atomic E-state index is 13.4. The van der Waals surface area contributed by atoms with Crippen molar-refractivity contribution >= 4 is 23.7 Å². The number of hydrogen-bond acceptors (Lipinski definition) is 3. The Morgan fingerprint density at radius 3 is 2.67 bits per heavy atom. The Labute approximate surface area is 125 Å². The number of hydrogen-bond donors (Lipinski definition) is 2. The topological polar surface area (TPSA) is 58.2 Å². The van der Waals surface area contributed by atoms with E-state index in [0.717, 1.165) is 55.6 Å². The average Bonchev–Trinajstić information content (AvgIpc) is 2.92. The van der Waals surface area contributed by atoms with Crippen molar-refractivity contribution in [3.63, 3.8) is 0 Å². The summed E-state index contributed by atoms with van der Waals surface area (Å²) in [6.07, 6.45) is 4.00. The summed E-state index contributed by atoms with van der Waals surface area (Å²) in [5, 5.41) is 4.90. The van der Waals surface area contributed by atoms with Gasteiger partial charge in [-0.15, -0.1) is 11.8 Å². The summed E-state index contributed by atoms with van der Waals surface area (Å²) in [5.74, 6) is -1.86. The third-order valence-electron chi connectivity index (χ3n) is 3.20. The van der Waals surface area contributed by atoms with Gasteiger partial charge in [0.25, 0.3) is 0 Å². The van der Waals surface area contributed by atoms with Gasteiger partial charge in [-0.1, -0.05) is 12.8 Å². The number of benzene rings is 1. The third-order valence-corrected chi connectivity index (χ3v) is 4.23. The van der Waals surface area contributed by atoms with Gasteiger partial charge in [-0.25, -0.2) is 13.6 Å². The highest BCUT2D eigenvalue weighted by molar-refractivity contribution is 8.00. The lowest BCUT2D eigenvalue weighted by Gasteiger charge is -2.12. The zero-order valence-corrected chi connectivity index (χ0v) is 12.1. The fourth-order valence-corrected chi connectivity index (χ4v) is 2.95. The summed E-state index contributed by atoms with van der Waals surface area (Å²) in [4.78, 5) is 23.2. The number of nitrogens with one attached hydrogen (secondary N) is 2. The molecule has 114 valence electrons. The molecule has 2 N–H and O–H groups in total. The average molecular weight is 314 g/mol. The highest BCUT2D eigenvalue weighted by Gasteiger charge is 2.18. The van der Waals surface area contributed by atoms with Crippen LogP contribution in [0.4, 0.5) is 13.6 Å². The number of thioether (sulfide) groups is 1. The van der Waals surface area contributed by atoms with E-state index >= 15 is 0 Å². The molecule has 1 aromatic carbocycles. The van der Waals surface area contributed by atoms with Crippen molar-refractivity contribution in [2.75, 3.05) is 5.75 Å². The van der Waals surface area contributed by atoms with Gasteiger partial charge in [-0.2, -0.15) is 0 Å². The summed E-state index contributed by atoms with van der Waals surface area (Å²) in [5.41, 5.74) is 0. The first-order valence-corrected chi connectivity index (χ1v) is 7.71. The van der Waals surface area contributed by atoms with E-state index in [2.05, 4.69) is 10.6 Å². The molecule has 0 aromatic heterocycles. The predicted molar refractivity (Wildman–Crippen MR) is 76.0 cm³/mol. The third kappa shape index (κ3) is 5.00. The maximum Gasteiger partial charge on any atom is 0.321 e. The highest BCUT2D eigenvalue weighted by Crippen LogP contribution is 2.22. The second-order valence-electron chi connectivity index (χ2n) is 4.87. The fourth-order valence-electron chi connectivity index (χ4n) is 2.19. The monoisotopic (exact) mass is 314 g/mol. The molecular weight excluding hydrogens is 298 g/mol. The molecule has 0 bridgehead atoms.